The molecule has 130 valence electrons. The maximum Gasteiger partial charge on any atom is 0.258 e. The highest BCUT2D eigenvalue weighted by Gasteiger charge is 2.19. The van der Waals surface area contributed by atoms with Crippen molar-refractivity contribution in [3.63, 3.8) is 0 Å². The quantitative estimate of drug-likeness (QED) is 0.837. The van der Waals surface area contributed by atoms with Gasteiger partial charge in [0.25, 0.3) is 5.91 Å². The number of aryl methyl sites for hydroxylation is 2. The number of nitrogens with zero attached hydrogens (tertiary/aromatic N) is 2. The van der Waals surface area contributed by atoms with E-state index in [1.54, 1.807) is 25.6 Å². The standard InChI is InChI=1S/C16H19F2N3O3/c1-9-16(10(2)21(3)20-9)24-8-14(23)19-7-13(22)15-11(17)5-4-6-12(15)18/h4-6,13,22H,7-8H2,1-3H3,(H,19,23). The van der Waals surface area contributed by atoms with Crippen LogP contribution < -0.4 is 10.1 Å². The fraction of sp³-hybridized carbons (Fsp3) is 0.375. The number of ether oxygens (including phenoxy) is 1. The van der Waals surface area contributed by atoms with E-state index in [0.717, 1.165) is 17.8 Å². The Morgan fingerprint density at radius 1 is 1.38 bits per heavy atom. The Labute approximate surface area is 138 Å². The Kier molecular flexibility index (Phi) is 5.50. The summed E-state index contributed by atoms with van der Waals surface area (Å²) < 4.78 is 34.1. The molecule has 1 heterocycles. The number of halogens is 2. The molecular formula is C16H19F2N3O3. The summed E-state index contributed by atoms with van der Waals surface area (Å²) in [7, 11) is 1.76. The zero-order valence-corrected chi connectivity index (χ0v) is 13.6. The fourth-order valence-corrected chi connectivity index (χ4v) is 2.29. The number of nitrogens with one attached hydrogen (secondary N) is 1. The van der Waals surface area contributed by atoms with Gasteiger partial charge in [-0.15, -0.1) is 0 Å². The average molecular weight is 339 g/mol. The van der Waals surface area contributed by atoms with Crippen molar-refractivity contribution >= 4 is 5.91 Å². The van der Waals surface area contributed by atoms with Crippen LogP contribution in [0.25, 0.3) is 0 Å². The summed E-state index contributed by atoms with van der Waals surface area (Å²) in [6.07, 6.45) is -1.49. The second-order valence-corrected chi connectivity index (χ2v) is 5.37. The van der Waals surface area contributed by atoms with Crippen molar-refractivity contribution in [2.24, 2.45) is 7.05 Å². The van der Waals surface area contributed by atoms with E-state index >= 15 is 0 Å². The lowest BCUT2D eigenvalue weighted by Crippen LogP contribution is -2.33. The molecule has 2 N–H and O–H groups in total. The largest absolute Gasteiger partial charge is 0.480 e. The molecule has 2 rings (SSSR count). The van der Waals surface area contributed by atoms with Crippen LogP contribution in [0.1, 0.15) is 23.1 Å². The normalized spacial score (nSPS) is 12.1. The number of benzene rings is 1. The van der Waals surface area contributed by atoms with Gasteiger partial charge in [-0.05, 0) is 26.0 Å². The smallest absolute Gasteiger partial charge is 0.258 e. The molecule has 0 saturated heterocycles. The maximum absolute atomic E-state index is 13.5. The lowest BCUT2D eigenvalue weighted by atomic mass is 10.1. The number of hydrogen-bond acceptors (Lipinski definition) is 4. The van der Waals surface area contributed by atoms with Crippen molar-refractivity contribution in [2.75, 3.05) is 13.2 Å². The highest BCUT2D eigenvalue weighted by Crippen LogP contribution is 2.21. The molecule has 0 fully saturated rings. The van der Waals surface area contributed by atoms with Gasteiger partial charge in [0.1, 0.15) is 23.4 Å². The van der Waals surface area contributed by atoms with Crippen molar-refractivity contribution in [1.29, 1.82) is 0 Å². The predicted molar refractivity (Wildman–Crippen MR) is 82.5 cm³/mol. The Hall–Kier alpha value is -2.48. The minimum absolute atomic E-state index is 0.292. The number of carbonyl (C=O) groups excluding carboxylic acids is 1. The topological polar surface area (TPSA) is 76.4 Å². The van der Waals surface area contributed by atoms with Crippen molar-refractivity contribution in [1.82, 2.24) is 15.1 Å². The van der Waals surface area contributed by atoms with Crippen LogP contribution in [0.5, 0.6) is 5.75 Å². The summed E-state index contributed by atoms with van der Waals surface area (Å²) >= 11 is 0. The molecule has 1 unspecified atom stereocenters. The van der Waals surface area contributed by atoms with Gasteiger partial charge in [-0.1, -0.05) is 6.07 Å². The molecule has 2 aromatic rings. The number of aliphatic hydroxyl groups is 1. The molecule has 8 heteroatoms. The van der Waals surface area contributed by atoms with Crippen LogP contribution in [0.4, 0.5) is 8.78 Å². The fourth-order valence-electron chi connectivity index (χ4n) is 2.29. The number of amides is 1. The third-order valence-corrected chi connectivity index (χ3v) is 3.62. The van der Waals surface area contributed by atoms with Crippen molar-refractivity contribution in [3.8, 4) is 5.75 Å². The number of aromatic nitrogens is 2. The van der Waals surface area contributed by atoms with Crippen molar-refractivity contribution in [3.05, 3.63) is 46.8 Å². The van der Waals surface area contributed by atoms with Gasteiger partial charge in [-0.3, -0.25) is 9.48 Å². The Bertz CT molecular complexity index is 726. The Morgan fingerprint density at radius 3 is 2.54 bits per heavy atom. The summed E-state index contributed by atoms with van der Waals surface area (Å²) in [5.41, 5.74) is 0.947. The number of hydrogen-bond donors (Lipinski definition) is 2. The molecule has 0 aliphatic carbocycles. The molecule has 0 spiro atoms. The van der Waals surface area contributed by atoms with Gasteiger partial charge in [0, 0.05) is 13.6 Å². The predicted octanol–water partition coefficient (Wildman–Crippen LogP) is 1.54. The third-order valence-electron chi connectivity index (χ3n) is 3.62. The molecule has 0 saturated carbocycles. The van der Waals surface area contributed by atoms with E-state index in [2.05, 4.69) is 10.4 Å². The Morgan fingerprint density at radius 2 is 2.00 bits per heavy atom. The van der Waals surface area contributed by atoms with E-state index in [4.69, 9.17) is 4.74 Å². The molecule has 1 atom stereocenters. The average Bonchev–Trinajstić information content (AvgIpc) is 2.76. The minimum atomic E-state index is -1.49. The zero-order valence-electron chi connectivity index (χ0n) is 13.6. The molecule has 24 heavy (non-hydrogen) atoms. The van der Waals surface area contributed by atoms with E-state index in [-0.39, 0.29) is 13.2 Å². The second kappa shape index (κ2) is 7.39. The van der Waals surface area contributed by atoms with Gasteiger partial charge in [0.2, 0.25) is 0 Å². The van der Waals surface area contributed by atoms with Crippen LogP contribution >= 0.6 is 0 Å². The van der Waals surface area contributed by atoms with Crippen LogP contribution in [-0.2, 0) is 11.8 Å². The third kappa shape index (κ3) is 3.88. The molecule has 0 aliphatic heterocycles. The SMILES string of the molecule is Cc1nn(C)c(C)c1OCC(=O)NCC(O)c1c(F)cccc1F. The molecule has 0 radical (unpaired) electrons. The van der Waals surface area contributed by atoms with Gasteiger partial charge < -0.3 is 15.2 Å². The van der Waals surface area contributed by atoms with Crippen molar-refractivity contribution in [2.45, 2.75) is 20.0 Å². The lowest BCUT2D eigenvalue weighted by Gasteiger charge is -2.14. The second-order valence-electron chi connectivity index (χ2n) is 5.37. The number of carbonyl (C=O) groups is 1. The minimum Gasteiger partial charge on any atom is -0.480 e. The van der Waals surface area contributed by atoms with Crippen LogP contribution in [-0.4, -0.2) is 33.9 Å². The molecular weight excluding hydrogens is 320 g/mol. The summed E-state index contributed by atoms with van der Waals surface area (Å²) in [5.74, 6) is -1.74. The monoisotopic (exact) mass is 339 g/mol. The summed E-state index contributed by atoms with van der Waals surface area (Å²) in [6, 6.07) is 3.28. The first-order valence-corrected chi connectivity index (χ1v) is 7.33. The van der Waals surface area contributed by atoms with E-state index in [9.17, 15) is 18.7 Å². The summed E-state index contributed by atoms with van der Waals surface area (Å²) in [5, 5.41) is 16.4. The van der Waals surface area contributed by atoms with Crippen LogP contribution in [0.2, 0.25) is 0 Å². The van der Waals surface area contributed by atoms with Gasteiger partial charge in [0.15, 0.2) is 12.4 Å². The number of rotatable bonds is 6. The van der Waals surface area contributed by atoms with Gasteiger partial charge in [-0.2, -0.15) is 5.10 Å². The first-order chi connectivity index (χ1) is 11.3. The zero-order chi connectivity index (χ0) is 17.9. The lowest BCUT2D eigenvalue weighted by molar-refractivity contribution is -0.123. The van der Waals surface area contributed by atoms with Gasteiger partial charge in [-0.25, -0.2) is 8.78 Å². The van der Waals surface area contributed by atoms with Gasteiger partial charge in [0.05, 0.1) is 11.3 Å². The van der Waals surface area contributed by atoms with E-state index in [1.807, 2.05) is 0 Å². The van der Waals surface area contributed by atoms with Crippen LogP contribution in [0.15, 0.2) is 18.2 Å². The molecule has 0 aliphatic rings. The van der Waals surface area contributed by atoms with E-state index in [0.29, 0.717) is 11.4 Å². The molecule has 1 aromatic heterocycles. The summed E-state index contributed by atoms with van der Waals surface area (Å²) in [4.78, 5) is 11.8. The van der Waals surface area contributed by atoms with E-state index < -0.39 is 29.2 Å². The first-order valence-electron chi connectivity index (χ1n) is 7.33. The first kappa shape index (κ1) is 17.9. The highest BCUT2D eigenvalue weighted by molar-refractivity contribution is 5.77. The van der Waals surface area contributed by atoms with Crippen molar-refractivity contribution < 1.29 is 23.4 Å². The number of aliphatic hydroxyl groups excluding tert-OH is 1. The molecule has 0 bridgehead atoms. The highest BCUT2D eigenvalue weighted by atomic mass is 19.1. The molecule has 6 nitrogen and oxygen atoms in total. The molecule has 1 amide bonds. The van der Waals surface area contributed by atoms with Crippen LogP contribution in [0.3, 0.4) is 0 Å². The van der Waals surface area contributed by atoms with Gasteiger partial charge >= 0.3 is 0 Å². The van der Waals surface area contributed by atoms with Crippen LogP contribution in [0, 0.1) is 25.5 Å². The molecule has 1 aromatic carbocycles. The van der Waals surface area contributed by atoms with E-state index in [1.165, 1.54) is 6.07 Å². The maximum atomic E-state index is 13.5. The summed E-state index contributed by atoms with van der Waals surface area (Å²) in [6.45, 7) is 2.94. The Balaban J connectivity index is 1.89.